The Morgan fingerprint density at radius 1 is 1.11 bits per heavy atom. The van der Waals surface area contributed by atoms with Gasteiger partial charge in [-0.3, -0.25) is 4.99 Å². The smallest absolute Gasteiger partial charge is 0.0982 e. The van der Waals surface area contributed by atoms with Crippen molar-refractivity contribution in [1.29, 1.82) is 0 Å². The molecular formula is C16H16INO. The van der Waals surface area contributed by atoms with Crippen molar-refractivity contribution in [2.75, 3.05) is 13.7 Å². The minimum absolute atomic E-state index is 0.0437. The van der Waals surface area contributed by atoms with Gasteiger partial charge < -0.3 is 4.74 Å². The van der Waals surface area contributed by atoms with Crippen LogP contribution in [0.4, 0.5) is 0 Å². The Labute approximate surface area is 127 Å². The SMILES string of the molecule is COC[C@H](N=Cc1ccccc1I)c1ccccc1. The summed E-state index contributed by atoms with van der Waals surface area (Å²) in [6.07, 6.45) is 1.93. The number of hydrogen-bond acceptors (Lipinski definition) is 2. The Kier molecular flexibility index (Phi) is 5.54. The van der Waals surface area contributed by atoms with Gasteiger partial charge in [-0.05, 0) is 34.2 Å². The quantitative estimate of drug-likeness (QED) is 0.578. The fourth-order valence-corrected chi connectivity index (χ4v) is 2.34. The van der Waals surface area contributed by atoms with Crippen molar-refractivity contribution < 1.29 is 4.74 Å². The maximum atomic E-state index is 5.26. The lowest BCUT2D eigenvalue weighted by atomic mass is 10.1. The molecule has 2 nitrogen and oxygen atoms in total. The molecule has 19 heavy (non-hydrogen) atoms. The second-order valence-corrected chi connectivity index (χ2v) is 5.34. The number of halogens is 1. The molecule has 0 saturated carbocycles. The number of aliphatic imine (C=N–C) groups is 1. The lowest BCUT2D eigenvalue weighted by Crippen LogP contribution is -2.04. The van der Waals surface area contributed by atoms with Crippen molar-refractivity contribution in [3.05, 3.63) is 69.3 Å². The Hall–Kier alpha value is -1.20. The van der Waals surface area contributed by atoms with E-state index in [1.165, 1.54) is 9.13 Å². The molecule has 0 unspecified atom stereocenters. The van der Waals surface area contributed by atoms with E-state index in [1.807, 2.05) is 36.5 Å². The molecule has 3 heteroatoms. The van der Waals surface area contributed by atoms with Crippen LogP contribution in [0.25, 0.3) is 0 Å². The molecule has 0 spiro atoms. The Morgan fingerprint density at radius 2 is 1.79 bits per heavy atom. The van der Waals surface area contributed by atoms with Crippen LogP contribution in [-0.4, -0.2) is 19.9 Å². The zero-order chi connectivity index (χ0) is 13.5. The molecular weight excluding hydrogens is 349 g/mol. The van der Waals surface area contributed by atoms with Crippen molar-refractivity contribution >= 4 is 28.8 Å². The number of ether oxygens (including phenoxy) is 1. The van der Waals surface area contributed by atoms with Crippen molar-refractivity contribution in [3.63, 3.8) is 0 Å². The molecule has 0 aliphatic carbocycles. The van der Waals surface area contributed by atoms with E-state index in [2.05, 4.69) is 51.8 Å². The third-order valence-corrected chi connectivity index (χ3v) is 3.79. The number of methoxy groups -OCH3 is 1. The number of nitrogens with zero attached hydrogens (tertiary/aromatic N) is 1. The summed E-state index contributed by atoms with van der Waals surface area (Å²) in [4.78, 5) is 4.66. The second kappa shape index (κ2) is 7.40. The third kappa shape index (κ3) is 4.14. The Morgan fingerprint density at radius 3 is 2.47 bits per heavy atom. The first-order valence-corrected chi connectivity index (χ1v) is 7.20. The first-order valence-electron chi connectivity index (χ1n) is 6.13. The van der Waals surface area contributed by atoms with Gasteiger partial charge in [-0.1, -0.05) is 48.5 Å². The molecule has 1 atom stereocenters. The summed E-state index contributed by atoms with van der Waals surface area (Å²) in [5, 5.41) is 0. The minimum atomic E-state index is 0.0437. The van der Waals surface area contributed by atoms with E-state index in [9.17, 15) is 0 Å². The molecule has 0 fully saturated rings. The molecule has 0 heterocycles. The average Bonchev–Trinajstić information content (AvgIpc) is 2.46. The highest BCUT2D eigenvalue weighted by Crippen LogP contribution is 2.18. The molecule has 0 N–H and O–H groups in total. The maximum absolute atomic E-state index is 5.26. The summed E-state index contributed by atoms with van der Waals surface area (Å²) in [5.74, 6) is 0. The van der Waals surface area contributed by atoms with E-state index in [4.69, 9.17) is 4.74 Å². The molecule has 0 aliphatic heterocycles. The van der Waals surface area contributed by atoms with Crippen molar-refractivity contribution in [1.82, 2.24) is 0 Å². The molecule has 0 radical (unpaired) electrons. The van der Waals surface area contributed by atoms with Gasteiger partial charge in [-0.25, -0.2) is 0 Å². The van der Waals surface area contributed by atoms with Gasteiger partial charge in [0.25, 0.3) is 0 Å². The average molecular weight is 365 g/mol. The molecule has 2 aromatic rings. The van der Waals surface area contributed by atoms with Crippen LogP contribution in [0, 0.1) is 3.57 Å². The standard InChI is InChI=1S/C16H16INO/c1-19-12-16(13-7-3-2-4-8-13)18-11-14-9-5-6-10-15(14)17/h2-11,16H,12H2,1H3/t16-/m0/s1. The summed E-state index contributed by atoms with van der Waals surface area (Å²) in [7, 11) is 1.71. The van der Waals surface area contributed by atoms with Gasteiger partial charge in [-0.2, -0.15) is 0 Å². The minimum Gasteiger partial charge on any atom is -0.382 e. The predicted molar refractivity (Wildman–Crippen MR) is 87.8 cm³/mol. The molecule has 0 aliphatic rings. The van der Waals surface area contributed by atoms with Crippen LogP contribution < -0.4 is 0 Å². The van der Waals surface area contributed by atoms with Crippen LogP contribution in [0.5, 0.6) is 0 Å². The van der Waals surface area contributed by atoms with Crippen molar-refractivity contribution in [3.8, 4) is 0 Å². The van der Waals surface area contributed by atoms with Gasteiger partial charge in [0.1, 0.15) is 0 Å². The van der Waals surface area contributed by atoms with Gasteiger partial charge in [0, 0.05) is 22.5 Å². The van der Waals surface area contributed by atoms with Crippen LogP contribution in [0.3, 0.4) is 0 Å². The van der Waals surface area contributed by atoms with Crippen LogP contribution in [0.15, 0.2) is 59.6 Å². The zero-order valence-corrected chi connectivity index (χ0v) is 12.9. The highest BCUT2D eigenvalue weighted by Gasteiger charge is 2.08. The predicted octanol–water partition coefficient (Wildman–Crippen LogP) is 4.10. The van der Waals surface area contributed by atoms with Crippen LogP contribution >= 0.6 is 22.6 Å². The van der Waals surface area contributed by atoms with Crippen LogP contribution in [0.1, 0.15) is 17.2 Å². The number of benzene rings is 2. The van der Waals surface area contributed by atoms with E-state index in [0.717, 1.165) is 5.56 Å². The number of rotatable bonds is 5. The lowest BCUT2D eigenvalue weighted by Gasteiger charge is -2.11. The highest BCUT2D eigenvalue weighted by atomic mass is 127. The van der Waals surface area contributed by atoms with Gasteiger partial charge >= 0.3 is 0 Å². The first kappa shape index (κ1) is 14.2. The van der Waals surface area contributed by atoms with E-state index < -0.39 is 0 Å². The van der Waals surface area contributed by atoms with E-state index >= 15 is 0 Å². The number of hydrogen-bond donors (Lipinski definition) is 0. The van der Waals surface area contributed by atoms with E-state index in [0.29, 0.717) is 6.61 Å². The topological polar surface area (TPSA) is 21.6 Å². The molecule has 0 saturated heterocycles. The summed E-state index contributed by atoms with van der Waals surface area (Å²) in [5.41, 5.74) is 2.31. The van der Waals surface area contributed by atoms with Gasteiger partial charge in [-0.15, -0.1) is 0 Å². The van der Waals surface area contributed by atoms with Gasteiger partial charge in [0.05, 0.1) is 12.6 Å². The second-order valence-electron chi connectivity index (χ2n) is 4.18. The van der Waals surface area contributed by atoms with Crippen molar-refractivity contribution in [2.24, 2.45) is 4.99 Å². The van der Waals surface area contributed by atoms with Crippen molar-refractivity contribution in [2.45, 2.75) is 6.04 Å². The van der Waals surface area contributed by atoms with Gasteiger partial charge in [0.15, 0.2) is 0 Å². The lowest BCUT2D eigenvalue weighted by molar-refractivity contribution is 0.182. The maximum Gasteiger partial charge on any atom is 0.0982 e. The molecule has 0 aromatic heterocycles. The Balaban J connectivity index is 2.20. The van der Waals surface area contributed by atoms with Crippen LogP contribution in [0.2, 0.25) is 0 Å². The molecule has 0 amide bonds. The normalized spacial score (nSPS) is 12.7. The molecule has 0 bridgehead atoms. The summed E-state index contributed by atoms with van der Waals surface area (Å²) in [6, 6.07) is 18.5. The summed E-state index contributed by atoms with van der Waals surface area (Å²) < 4.78 is 6.46. The summed E-state index contributed by atoms with van der Waals surface area (Å²) >= 11 is 2.32. The molecule has 2 aromatic carbocycles. The molecule has 98 valence electrons. The van der Waals surface area contributed by atoms with E-state index in [-0.39, 0.29) is 6.04 Å². The molecule has 2 rings (SSSR count). The fraction of sp³-hybridized carbons (Fsp3) is 0.188. The third-order valence-electron chi connectivity index (χ3n) is 2.81. The zero-order valence-electron chi connectivity index (χ0n) is 10.8. The Bertz CT molecular complexity index is 539. The fourth-order valence-electron chi connectivity index (χ4n) is 1.81. The monoisotopic (exact) mass is 365 g/mol. The summed E-state index contributed by atoms with van der Waals surface area (Å²) in [6.45, 7) is 0.587. The van der Waals surface area contributed by atoms with Crippen LogP contribution in [-0.2, 0) is 4.74 Å². The highest BCUT2D eigenvalue weighted by molar-refractivity contribution is 14.1. The largest absolute Gasteiger partial charge is 0.382 e. The van der Waals surface area contributed by atoms with E-state index in [1.54, 1.807) is 7.11 Å². The first-order chi connectivity index (χ1) is 9.31. The van der Waals surface area contributed by atoms with Gasteiger partial charge in [0.2, 0.25) is 0 Å².